The third-order valence-electron chi connectivity index (χ3n) is 3.63. The lowest BCUT2D eigenvalue weighted by Crippen LogP contribution is -2.40. The minimum atomic E-state index is -0.140. The van der Waals surface area contributed by atoms with Crippen LogP contribution in [0.2, 0.25) is 0 Å². The van der Waals surface area contributed by atoms with Gasteiger partial charge in [0.05, 0.1) is 5.25 Å². The van der Waals surface area contributed by atoms with Crippen molar-refractivity contribution in [2.75, 3.05) is 0 Å². The highest BCUT2D eigenvalue weighted by atomic mass is 32.2. The van der Waals surface area contributed by atoms with Crippen molar-refractivity contribution < 1.29 is 9.59 Å². The topological polar surface area (TPSA) is 46.2 Å². The fourth-order valence-corrected chi connectivity index (χ4v) is 3.43. The summed E-state index contributed by atoms with van der Waals surface area (Å²) in [6, 6.07) is 7.71. The van der Waals surface area contributed by atoms with Gasteiger partial charge in [0.25, 0.3) is 0 Å². The molecular weight excluding hydrogens is 270 g/mol. The third kappa shape index (κ3) is 4.37. The Kier molecular flexibility index (Phi) is 5.65. The highest BCUT2D eigenvalue weighted by Gasteiger charge is 2.20. The van der Waals surface area contributed by atoms with Crippen molar-refractivity contribution in [2.45, 2.75) is 55.2 Å². The molecule has 1 amide bonds. The molecule has 1 aromatic rings. The second kappa shape index (κ2) is 7.48. The van der Waals surface area contributed by atoms with E-state index in [2.05, 4.69) is 5.32 Å². The molecule has 1 aliphatic carbocycles. The van der Waals surface area contributed by atoms with Crippen LogP contribution in [0.15, 0.2) is 29.2 Å². The first-order valence-corrected chi connectivity index (χ1v) is 8.09. The van der Waals surface area contributed by atoms with Gasteiger partial charge in [-0.05, 0) is 31.9 Å². The standard InChI is InChI=1S/C16H21NO2S/c1-12(16(19)17-14-7-3-2-4-8-14)20-15-9-5-6-13(10-15)11-18/h5-6,9-12,14H,2-4,7-8H2,1H3,(H,17,19). The molecule has 20 heavy (non-hydrogen) atoms. The summed E-state index contributed by atoms with van der Waals surface area (Å²) in [6.07, 6.45) is 6.75. The van der Waals surface area contributed by atoms with Gasteiger partial charge in [-0.2, -0.15) is 0 Å². The van der Waals surface area contributed by atoms with Crippen molar-refractivity contribution in [1.82, 2.24) is 5.32 Å². The number of rotatable bonds is 5. The van der Waals surface area contributed by atoms with Gasteiger partial charge in [0.2, 0.25) is 5.91 Å². The molecule has 1 unspecified atom stereocenters. The van der Waals surface area contributed by atoms with E-state index in [4.69, 9.17) is 0 Å². The van der Waals surface area contributed by atoms with Gasteiger partial charge in [-0.25, -0.2) is 0 Å². The lowest BCUT2D eigenvalue weighted by molar-refractivity contribution is -0.121. The summed E-state index contributed by atoms with van der Waals surface area (Å²) in [7, 11) is 0. The molecule has 1 fully saturated rings. The molecule has 4 heteroatoms. The normalized spacial score (nSPS) is 17.4. The molecule has 1 saturated carbocycles. The molecule has 0 heterocycles. The van der Waals surface area contributed by atoms with E-state index in [1.54, 1.807) is 6.07 Å². The number of hydrogen-bond donors (Lipinski definition) is 1. The minimum Gasteiger partial charge on any atom is -0.352 e. The number of thioether (sulfide) groups is 1. The second-order valence-electron chi connectivity index (χ2n) is 5.29. The monoisotopic (exact) mass is 291 g/mol. The van der Waals surface area contributed by atoms with Gasteiger partial charge in [-0.1, -0.05) is 31.4 Å². The minimum absolute atomic E-state index is 0.0957. The summed E-state index contributed by atoms with van der Waals surface area (Å²) >= 11 is 1.50. The Morgan fingerprint density at radius 2 is 2.10 bits per heavy atom. The SMILES string of the molecule is CC(Sc1cccc(C=O)c1)C(=O)NC1CCCCC1. The predicted molar refractivity (Wildman–Crippen MR) is 82.2 cm³/mol. The van der Waals surface area contributed by atoms with Gasteiger partial charge < -0.3 is 5.32 Å². The fraction of sp³-hybridized carbons (Fsp3) is 0.500. The summed E-state index contributed by atoms with van der Waals surface area (Å²) < 4.78 is 0. The average molecular weight is 291 g/mol. The van der Waals surface area contributed by atoms with E-state index in [0.717, 1.165) is 24.0 Å². The number of carbonyl (C=O) groups excluding carboxylic acids is 2. The van der Waals surface area contributed by atoms with E-state index in [9.17, 15) is 9.59 Å². The summed E-state index contributed by atoms with van der Waals surface area (Å²) in [5.74, 6) is 0.0957. The Labute approximate surface area is 124 Å². The number of carbonyl (C=O) groups is 2. The molecule has 2 rings (SSSR count). The van der Waals surface area contributed by atoms with Gasteiger partial charge in [0.1, 0.15) is 6.29 Å². The van der Waals surface area contributed by atoms with Crippen molar-refractivity contribution in [2.24, 2.45) is 0 Å². The fourth-order valence-electron chi connectivity index (χ4n) is 2.48. The predicted octanol–water partition coefficient (Wildman–Crippen LogP) is 3.43. The van der Waals surface area contributed by atoms with E-state index >= 15 is 0 Å². The van der Waals surface area contributed by atoms with Crippen molar-refractivity contribution >= 4 is 24.0 Å². The average Bonchev–Trinajstić information content (AvgIpc) is 2.48. The first kappa shape index (κ1) is 15.1. The molecule has 108 valence electrons. The van der Waals surface area contributed by atoms with Crippen LogP contribution < -0.4 is 5.32 Å². The molecule has 3 nitrogen and oxygen atoms in total. The maximum Gasteiger partial charge on any atom is 0.233 e. The Morgan fingerprint density at radius 3 is 2.80 bits per heavy atom. The highest BCUT2D eigenvalue weighted by Crippen LogP contribution is 2.25. The molecule has 0 radical (unpaired) electrons. The zero-order valence-electron chi connectivity index (χ0n) is 11.8. The zero-order chi connectivity index (χ0) is 14.4. The molecule has 1 aromatic carbocycles. The molecule has 0 bridgehead atoms. The number of amides is 1. The van der Waals surface area contributed by atoms with Crippen molar-refractivity contribution in [3.8, 4) is 0 Å². The van der Waals surface area contributed by atoms with Crippen LogP contribution >= 0.6 is 11.8 Å². The summed E-state index contributed by atoms with van der Waals surface area (Å²) in [6.45, 7) is 1.91. The molecule has 1 atom stereocenters. The number of hydrogen-bond acceptors (Lipinski definition) is 3. The van der Waals surface area contributed by atoms with Crippen LogP contribution in [0.3, 0.4) is 0 Å². The Morgan fingerprint density at radius 1 is 1.35 bits per heavy atom. The Balaban J connectivity index is 1.87. The van der Waals surface area contributed by atoms with Crippen LogP contribution in [-0.4, -0.2) is 23.5 Å². The number of benzene rings is 1. The van der Waals surface area contributed by atoms with E-state index in [-0.39, 0.29) is 11.2 Å². The summed E-state index contributed by atoms with van der Waals surface area (Å²) in [5, 5.41) is 3.00. The molecule has 0 spiro atoms. The van der Waals surface area contributed by atoms with Crippen molar-refractivity contribution in [3.63, 3.8) is 0 Å². The number of nitrogens with one attached hydrogen (secondary N) is 1. The van der Waals surface area contributed by atoms with Crippen LogP contribution in [0.5, 0.6) is 0 Å². The summed E-state index contributed by atoms with van der Waals surface area (Å²) in [5.41, 5.74) is 0.648. The molecule has 0 saturated heterocycles. The van der Waals surface area contributed by atoms with Crippen LogP contribution in [0.1, 0.15) is 49.4 Å². The van der Waals surface area contributed by atoms with Gasteiger partial charge in [-0.15, -0.1) is 11.8 Å². The smallest absolute Gasteiger partial charge is 0.233 e. The lowest BCUT2D eigenvalue weighted by atomic mass is 9.95. The second-order valence-corrected chi connectivity index (χ2v) is 6.71. The Hall–Kier alpha value is -1.29. The third-order valence-corrected chi connectivity index (χ3v) is 4.72. The van der Waals surface area contributed by atoms with Crippen LogP contribution in [0.4, 0.5) is 0 Å². The quantitative estimate of drug-likeness (QED) is 0.668. The van der Waals surface area contributed by atoms with E-state index in [0.29, 0.717) is 11.6 Å². The van der Waals surface area contributed by atoms with Gasteiger partial charge >= 0.3 is 0 Å². The van der Waals surface area contributed by atoms with E-state index < -0.39 is 0 Å². The Bertz CT molecular complexity index is 469. The number of aldehydes is 1. The largest absolute Gasteiger partial charge is 0.352 e. The zero-order valence-corrected chi connectivity index (χ0v) is 12.6. The van der Waals surface area contributed by atoms with Crippen molar-refractivity contribution in [3.05, 3.63) is 29.8 Å². The lowest BCUT2D eigenvalue weighted by Gasteiger charge is -2.24. The first-order valence-electron chi connectivity index (χ1n) is 7.21. The summed E-state index contributed by atoms with van der Waals surface area (Å²) in [4.78, 5) is 23.9. The van der Waals surface area contributed by atoms with E-state index in [1.165, 1.54) is 31.0 Å². The maximum atomic E-state index is 12.2. The van der Waals surface area contributed by atoms with Crippen LogP contribution in [0, 0.1) is 0 Å². The van der Waals surface area contributed by atoms with Gasteiger partial charge in [0, 0.05) is 16.5 Å². The molecule has 0 aliphatic heterocycles. The highest BCUT2D eigenvalue weighted by molar-refractivity contribution is 8.00. The first-order chi connectivity index (χ1) is 9.69. The molecular formula is C16H21NO2S. The van der Waals surface area contributed by atoms with Gasteiger partial charge in [0.15, 0.2) is 0 Å². The van der Waals surface area contributed by atoms with Crippen LogP contribution in [-0.2, 0) is 4.79 Å². The van der Waals surface area contributed by atoms with Crippen LogP contribution in [0.25, 0.3) is 0 Å². The van der Waals surface area contributed by atoms with Gasteiger partial charge in [-0.3, -0.25) is 9.59 Å². The molecule has 1 aliphatic rings. The maximum absolute atomic E-state index is 12.2. The van der Waals surface area contributed by atoms with E-state index in [1.807, 2.05) is 25.1 Å². The molecule has 0 aromatic heterocycles. The van der Waals surface area contributed by atoms with Crippen molar-refractivity contribution in [1.29, 1.82) is 0 Å². The molecule has 1 N–H and O–H groups in total.